The van der Waals surface area contributed by atoms with Crippen molar-refractivity contribution in [3.8, 4) is 0 Å². The van der Waals surface area contributed by atoms with E-state index in [1.54, 1.807) is 12.1 Å². The minimum atomic E-state index is -0.485. The van der Waals surface area contributed by atoms with E-state index in [0.29, 0.717) is 28.5 Å². The molecular formula is C15H14BrClN2O2. The summed E-state index contributed by atoms with van der Waals surface area (Å²) in [7, 11) is 1.32. The van der Waals surface area contributed by atoms with Gasteiger partial charge in [0.25, 0.3) is 0 Å². The minimum Gasteiger partial charge on any atom is -0.465 e. The molecule has 0 unspecified atom stereocenters. The highest BCUT2D eigenvalue weighted by molar-refractivity contribution is 9.10. The maximum absolute atomic E-state index is 11.8. The van der Waals surface area contributed by atoms with E-state index in [2.05, 4.69) is 21.2 Å². The van der Waals surface area contributed by atoms with Crippen LogP contribution in [0.3, 0.4) is 0 Å². The van der Waals surface area contributed by atoms with Gasteiger partial charge in [0.2, 0.25) is 0 Å². The summed E-state index contributed by atoms with van der Waals surface area (Å²) in [5, 5.41) is 3.54. The monoisotopic (exact) mass is 368 g/mol. The zero-order chi connectivity index (χ0) is 15.4. The maximum Gasteiger partial charge on any atom is 0.340 e. The summed E-state index contributed by atoms with van der Waals surface area (Å²) >= 11 is 9.59. The van der Waals surface area contributed by atoms with Crippen molar-refractivity contribution < 1.29 is 9.53 Å². The average Bonchev–Trinajstić information content (AvgIpc) is 2.45. The molecule has 0 aliphatic heterocycles. The van der Waals surface area contributed by atoms with E-state index < -0.39 is 5.97 Å². The van der Waals surface area contributed by atoms with Gasteiger partial charge in [-0.2, -0.15) is 0 Å². The van der Waals surface area contributed by atoms with Gasteiger partial charge in [-0.3, -0.25) is 0 Å². The summed E-state index contributed by atoms with van der Waals surface area (Å²) < 4.78 is 5.74. The van der Waals surface area contributed by atoms with Crippen molar-refractivity contribution in [2.24, 2.45) is 0 Å². The van der Waals surface area contributed by atoms with Crippen molar-refractivity contribution in [3.63, 3.8) is 0 Å². The van der Waals surface area contributed by atoms with Crippen LogP contribution in [0.15, 0.2) is 40.9 Å². The zero-order valence-electron chi connectivity index (χ0n) is 11.3. The molecular weight excluding hydrogens is 356 g/mol. The zero-order valence-corrected chi connectivity index (χ0v) is 13.7. The van der Waals surface area contributed by atoms with Gasteiger partial charge in [0, 0.05) is 16.7 Å². The fraction of sp³-hybridized carbons (Fsp3) is 0.133. The van der Waals surface area contributed by atoms with Gasteiger partial charge in [-0.05, 0) is 29.8 Å². The predicted molar refractivity (Wildman–Crippen MR) is 88.7 cm³/mol. The lowest BCUT2D eigenvalue weighted by Gasteiger charge is -2.14. The highest BCUT2D eigenvalue weighted by Gasteiger charge is 2.16. The van der Waals surface area contributed by atoms with Crippen LogP contribution in [0.5, 0.6) is 0 Å². The third-order valence-electron chi connectivity index (χ3n) is 2.88. The van der Waals surface area contributed by atoms with E-state index >= 15 is 0 Å². The molecule has 21 heavy (non-hydrogen) atoms. The first-order chi connectivity index (χ1) is 10.0. The second-order valence-electron chi connectivity index (χ2n) is 4.40. The molecule has 0 aromatic heterocycles. The number of rotatable bonds is 4. The third kappa shape index (κ3) is 3.89. The van der Waals surface area contributed by atoms with Gasteiger partial charge in [0.05, 0.1) is 23.4 Å². The van der Waals surface area contributed by atoms with E-state index in [1.807, 2.05) is 24.3 Å². The minimum absolute atomic E-state index is 0.317. The lowest BCUT2D eigenvalue weighted by Crippen LogP contribution is -2.09. The van der Waals surface area contributed by atoms with Crippen molar-refractivity contribution in [1.29, 1.82) is 0 Å². The summed E-state index contributed by atoms with van der Waals surface area (Å²) in [4.78, 5) is 11.8. The number of nitrogens with two attached hydrogens (primary N) is 1. The molecule has 3 N–H and O–H groups in total. The lowest BCUT2D eigenvalue weighted by atomic mass is 10.1. The Bertz CT molecular complexity index is 677. The average molecular weight is 370 g/mol. The van der Waals surface area contributed by atoms with Crippen LogP contribution in [0.1, 0.15) is 15.9 Å². The number of hydrogen-bond acceptors (Lipinski definition) is 4. The molecule has 0 atom stereocenters. The Morgan fingerprint density at radius 3 is 2.81 bits per heavy atom. The molecule has 4 nitrogen and oxygen atoms in total. The number of anilines is 2. The van der Waals surface area contributed by atoms with Crippen molar-refractivity contribution in [2.45, 2.75) is 6.54 Å². The number of halogens is 2. The largest absolute Gasteiger partial charge is 0.465 e. The standard InChI is InChI=1S/C15H14BrClN2O2/c1-21-15(20)12-6-11(18)7-13(17)14(12)19-8-9-3-2-4-10(16)5-9/h2-7,19H,8,18H2,1H3. The van der Waals surface area contributed by atoms with Crippen molar-refractivity contribution in [1.82, 2.24) is 0 Å². The van der Waals surface area contributed by atoms with Crippen LogP contribution in [0, 0.1) is 0 Å². The number of benzene rings is 2. The second kappa shape index (κ2) is 6.83. The van der Waals surface area contributed by atoms with Crippen molar-refractivity contribution in [2.75, 3.05) is 18.2 Å². The fourth-order valence-electron chi connectivity index (χ4n) is 1.92. The highest BCUT2D eigenvalue weighted by atomic mass is 79.9. The molecule has 0 amide bonds. The van der Waals surface area contributed by atoms with Crippen molar-refractivity contribution >= 4 is 44.9 Å². The number of hydrogen-bond donors (Lipinski definition) is 2. The van der Waals surface area contributed by atoms with Crippen LogP contribution in [0.25, 0.3) is 0 Å². The molecule has 0 aliphatic rings. The van der Waals surface area contributed by atoms with Gasteiger partial charge in [-0.15, -0.1) is 0 Å². The van der Waals surface area contributed by atoms with E-state index in [1.165, 1.54) is 7.11 Å². The summed E-state index contributed by atoms with van der Waals surface area (Å²) in [6, 6.07) is 11.0. The molecule has 2 aromatic carbocycles. The molecule has 0 fully saturated rings. The van der Waals surface area contributed by atoms with Crippen LogP contribution in [0.4, 0.5) is 11.4 Å². The Balaban J connectivity index is 2.28. The van der Waals surface area contributed by atoms with Gasteiger partial charge in [0.15, 0.2) is 0 Å². The van der Waals surface area contributed by atoms with Gasteiger partial charge < -0.3 is 15.8 Å². The molecule has 0 spiro atoms. The number of nitrogen functional groups attached to an aromatic ring is 1. The first kappa shape index (κ1) is 15.7. The molecule has 0 heterocycles. The Morgan fingerprint density at radius 1 is 1.38 bits per heavy atom. The molecule has 2 rings (SSSR count). The molecule has 0 aliphatic carbocycles. The normalized spacial score (nSPS) is 10.2. The van der Waals surface area contributed by atoms with E-state index in [-0.39, 0.29) is 0 Å². The highest BCUT2D eigenvalue weighted by Crippen LogP contribution is 2.30. The quantitative estimate of drug-likeness (QED) is 0.629. The van der Waals surface area contributed by atoms with Gasteiger partial charge in [-0.1, -0.05) is 39.7 Å². The second-order valence-corrected chi connectivity index (χ2v) is 5.72. The summed E-state index contributed by atoms with van der Waals surface area (Å²) in [5.41, 5.74) is 8.01. The number of esters is 1. The van der Waals surface area contributed by atoms with E-state index in [9.17, 15) is 4.79 Å². The van der Waals surface area contributed by atoms with Crippen LogP contribution < -0.4 is 11.1 Å². The summed E-state index contributed by atoms with van der Waals surface area (Å²) in [6.45, 7) is 0.521. The predicted octanol–water partition coefficient (Wildman–Crippen LogP) is 4.08. The molecule has 0 radical (unpaired) electrons. The Labute approximate surface area is 136 Å². The number of carbonyl (C=O) groups is 1. The Kier molecular flexibility index (Phi) is 5.09. The molecule has 0 bridgehead atoms. The molecule has 0 saturated carbocycles. The van der Waals surface area contributed by atoms with Gasteiger partial charge >= 0.3 is 5.97 Å². The topological polar surface area (TPSA) is 64.3 Å². The number of nitrogens with one attached hydrogen (secondary N) is 1. The Hall–Kier alpha value is -1.72. The van der Waals surface area contributed by atoms with E-state index in [4.69, 9.17) is 22.1 Å². The van der Waals surface area contributed by atoms with Crippen LogP contribution in [-0.2, 0) is 11.3 Å². The van der Waals surface area contributed by atoms with E-state index in [0.717, 1.165) is 10.0 Å². The van der Waals surface area contributed by atoms with Crippen LogP contribution in [-0.4, -0.2) is 13.1 Å². The summed E-state index contributed by atoms with van der Waals surface area (Å²) in [5.74, 6) is -0.485. The SMILES string of the molecule is COC(=O)c1cc(N)cc(Cl)c1NCc1cccc(Br)c1. The lowest BCUT2D eigenvalue weighted by molar-refractivity contribution is 0.0602. The van der Waals surface area contributed by atoms with Gasteiger partial charge in [-0.25, -0.2) is 4.79 Å². The fourth-order valence-corrected chi connectivity index (χ4v) is 2.66. The molecule has 110 valence electrons. The maximum atomic E-state index is 11.8. The Morgan fingerprint density at radius 2 is 2.14 bits per heavy atom. The first-order valence-electron chi connectivity index (χ1n) is 6.17. The molecule has 2 aromatic rings. The van der Waals surface area contributed by atoms with Crippen molar-refractivity contribution in [3.05, 3.63) is 57.0 Å². The number of methoxy groups -OCH3 is 1. The smallest absolute Gasteiger partial charge is 0.340 e. The first-order valence-corrected chi connectivity index (χ1v) is 7.34. The number of ether oxygens (including phenoxy) is 1. The van der Waals surface area contributed by atoms with Gasteiger partial charge in [0.1, 0.15) is 0 Å². The van der Waals surface area contributed by atoms with Crippen LogP contribution in [0.2, 0.25) is 5.02 Å². The third-order valence-corrected chi connectivity index (χ3v) is 3.67. The molecule has 0 saturated heterocycles. The van der Waals surface area contributed by atoms with Crippen LogP contribution >= 0.6 is 27.5 Å². The number of carbonyl (C=O) groups excluding carboxylic acids is 1. The summed E-state index contributed by atoms with van der Waals surface area (Å²) in [6.07, 6.45) is 0. The molecule has 6 heteroatoms.